The van der Waals surface area contributed by atoms with Crippen molar-refractivity contribution in [1.29, 1.82) is 0 Å². The molecule has 3 rings (SSSR count). The van der Waals surface area contributed by atoms with E-state index in [2.05, 4.69) is 9.97 Å². The quantitative estimate of drug-likeness (QED) is 0.430. The number of carbonyl (C=O) groups excluding carboxylic acids is 1. The third-order valence-electron chi connectivity index (χ3n) is 3.53. The Morgan fingerprint density at radius 3 is 2.46 bits per heavy atom. The first kappa shape index (κ1) is 19.6. The lowest BCUT2D eigenvalue weighted by Crippen LogP contribution is -2.09. The minimum atomic E-state index is -1.61. The summed E-state index contributed by atoms with van der Waals surface area (Å²) >= 11 is 6.06. The molecule has 0 N–H and O–H groups in total. The molecule has 0 bridgehead atoms. The van der Waals surface area contributed by atoms with Crippen LogP contribution in [0.1, 0.15) is 17.3 Å². The Morgan fingerprint density at radius 2 is 1.82 bits per heavy atom. The third kappa shape index (κ3) is 4.07. The maximum Gasteiger partial charge on any atom is 0.345 e. The molecule has 0 saturated carbocycles. The van der Waals surface area contributed by atoms with Crippen molar-refractivity contribution in [2.75, 3.05) is 6.61 Å². The van der Waals surface area contributed by atoms with Gasteiger partial charge in [0.05, 0.1) is 11.6 Å². The third-order valence-corrected chi connectivity index (χ3v) is 3.85. The number of para-hydroxylation sites is 1. The molecule has 9 heteroatoms. The first-order valence-corrected chi connectivity index (χ1v) is 8.40. The van der Waals surface area contributed by atoms with E-state index in [9.17, 15) is 18.0 Å². The maximum atomic E-state index is 13.5. The van der Waals surface area contributed by atoms with Crippen molar-refractivity contribution in [3.63, 3.8) is 0 Å². The van der Waals surface area contributed by atoms with Gasteiger partial charge in [-0.1, -0.05) is 23.7 Å². The first-order chi connectivity index (χ1) is 13.4. The molecule has 0 radical (unpaired) electrons. The highest BCUT2D eigenvalue weighted by Crippen LogP contribution is 2.31. The van der Waals surface area contributed by atoms with Crippen LogP contribution in [0.5, 0.6) is 11.6 Å². The standard InChI is InChI=1S/C19H12ClF3N2O3/c1-2-27-19(26)11-9-24-17(10-7-13(21)16(23)14(22)8-10)25-18(11)28-15-6-4-3-5-12(15)20/h3-9H,2H2,1H3. The van der Waals surface area contributed by atoms with Crippen molar-refractivity contribution in [3.8, 4) is 23.0 Å². The second kappa shape index (κ2) is 8.26. The lowest BCUT2D eigenvalue weighted by Gasteiger charge is -2.12. The van der Waals surface area contributed by atoms with Gasteiger partial charge in [-0.25, -0.2) is 22.9 Å². The van der Waals surface area contributed by atoms with Crippen LogP contribution in [0.2, 0.25) is 5.02 Å². The van der Waals surface area contributed by atoms with Crippen molar-refractivity contribution >= 4 is 17.6 Å². The molecule has 0 saturated heterocycles. The summed E-state index contributed by atoms with van der Waals surface area (Å²) < 4.78 is 50.8. The first-order valence-electron chi connectivity index (χ1n) is 8.02. The molecule has 0 aliphatic heterocycles. The van der Waals surface area contributed by atoms with Crippen molar-refractivity contribution in [2.45, 2.75) is 6.92 Å². The lowest BCUT2D eigenvalue weighted by molar-refractivity contribution is 0.0522. The van der Waals surface area contributed by atoms with Gasteiger partial charge < -0.3 is 9.47 Å². The molecular weight excluding hydrogens is 397 g/mol. The van der Waals surface area contributed by atoms with Gasteiger partial charge in [0.1, 0.15) is 11.3 Å². The number of ether oxygens (including phenoxy) is 2. The van der Waals surface area contributed by atoms with E-state index in [-0.39, 0.29) is 40.2 Å². The summed E-state index contributed by atoms with van der Waals surface area (Å²) in [5.74, 6) is -5.40. The predicted octanol–water partition coefficient (Wildman–Crippen LogP) is 5.18. The second-order valence-electron chi connectivity index (χ2n) is 5.42. The smallest absolute Gasteiger partial charge is 0.345 e. The molecule has 2 aromatic carbocycles. The van der Waals surface area contributed by atoms with E-state index in [1.807, 2.05) is 0 Å². The summed E-state index contributed by atoms with van der Waals surface area (Å²) in [5.41, 5.74) is -0.260. The highest BCUT2D eigenvalue weighted by Gasteiger charge is 2.21. The molecule has 5 nitrogen and oxygen atoms in total. The van der Waals surface area contributed by atoms with Crippen LogP contribution >= 0.6 is 11.6 Å². The van der Waals surface area contributed by atoms with E-state index in [1.165, 1.54) is 6.07 Å². The topological polar surface area (TPSA) is 61.3 Å². The molecule has 0 unspecified atom stereocenters. The summed E-state index contributed by atoms with van der Waals surface area (Å²) in [5, 5.41) is 0.247. The molecule has 1 aromatic heterocycles. The SMILES string of the molecule is CCOC(=O)c1cnc(-c2cc(F)c(F)c(F)c2)nc1Oc1ccccc1Cl. The fraction of sp³-hybridized carbons (Fsp3) is 0.105. The number of benzene rings is 2. The Kier molecular flexibility index (Phi) is 5.79. The summed E-state index contributed by atoms with van der Waals surface area (Å²) in [4.78, 5) is 20.1. The Morgan fingerprint density at radius 1 is 1.14 bits per heavy atom. The Balaban J connectivity index is 2.10. The van der Waals surface area contributed by atoms with Gasteiger partial charge in [-0.3, -0.25) is 0 Å². The van der Waals surface area contributed by atoms with E-state index < -0.39 is 23.4 Å². The van der Waals surface area contributed by atoms with Gasteiger partial charge in [0.2, 0.25) is 5.88 Å². The number of hydrogen-bond acceptors (Lipinski definition) is 5. The molecule has 0 fully saturated rings. The monoisotopic (exact) mass is 408 g/mol. The Labute approximate surface area is 162 Å². The summed E-state index contributed by atoms with van der Waals surface area (Å²) in [6.07, 6.45) is 1.09. The molecule has 0 aliphatic rings. The summed E-state index contributed by atoms with van der Waals surface area (Å²) in [6.45, 7) is 1.71. The van der Waals surface area contributed by atoms with Gasteiger partial charge in [0.25, 0.3) is 0 Å². The van der Waals surface area contributed by atoms with Crippen LogP contribution in [0.3, 0.4) is 0 Å². The van der Waals surface area contributed by atoms with Crippen molar-refractivity contribution in [3.05, 3.63) is 70.6 Å². The Hall–Kier alpha value is -3.13. The molecule has 0 amide bonds. The number of rotatable bonds is 5. The number of nitrogens with zero attached hydrogens (tertiary/aromatic N) is 2. The van der Waals surface area contributed by atoms with Crippen LogP contribution < -0.4 is 4.74 Å². The zero-order valence-electron chi connectivity index (χ0n) is 14.4. The number of hydrogen-bond donors (Lipinski definition) is 0. The van der Waals surface area contributed by atoms with Gasteiger partial charge in [0.15, 0.2) is 23.3 Å². The van der Waals surface area contributed by atoms with E-state index in [4.69, 9.17) is 21.1 Å². The fourth-order valence-corrected chi connectivity index (χ4v) is 2.42. The van der Waals surface area contributed by atoms with Gasteiger partial charge in [-0.15, -0.1) is 0 Å². The van der Waals surface area contributed by atoms with Crippen LogP contribution in [0, 0.1) is 17.5 Å². The normalized spacial score (nSPS) is 10.6. The molecule has 144 valence electrons. The van der Waals surface area contributed by atoms with Gasteiger partial charge in [-0.05, 0) is 31.2 Å². The largest absolute Gasteiger partial charge is 0.462 e. The zero-order valence-corrected chi connectivity index (χ0v) is 15.1. The van der Waals surface area contributed by atoms with Crippen molar-refractivity contribution in [2.24, 2.45) is 0 Å². The van der Waals surface area contributed by atoms with Gasteiger partial charge in [-0.2, -0.15) is 4.98 Å². The van der Waals surface area contributed by atoms with Crippen LogP contribution in [-0.4, -0.2) is 22.5 Å². The summed E-state index contributed by atoms with van der Waals surface area (Å²) in [7, 11) is 0. The minimum Gasteiger partial charge on any atom is -0.462 e. The van der Waals surface area contributed by atoms with Crippen molar-refractivity contribution in [1.82, 2.24) is 9.97 Å². The number of carbonyl (C=O) groups is 1. The van der Waals surface area contributed by atoms with E-state index in [0.717, 1.165) is 18.3 Å². The highest BCUT2D eigenvalue weighted by molar-refractivity contribution is 6.32. The molecule has 1 heterocycles. The van der Waals surface area contributed by atoms with Crippen LogP contribution in [0.15, 0.2) is 42.6 Å². The minimum absolute atomic E-state index is 0.0977. The number of halogens is 4. The molecule has 0 atom stereocenters. The van der Waals surface area contributed by atoms with E-state index in [1.54, 1.807) is 25.1 Å². The maximum absolute atomic E-state index is 13.5. The highest BCUT2D eigenvalue weighted by atomic mass is 35.5. The number of aromatic nitrogens is 2. The Bertz CT molecular complexity index is 1020. The molecule has 0 aliphatic carbocycles. The fourth-order valence-electron chi connectivity index (χ4n) is 2.25. The van der Waals surface area contributed by atoms with Crippen LogP contribution in [0.4, 0.5) is 13.2 Å². The summed E-state index contributed by atoms with van der Waals surface area (Å²) in [6, 6.07) is 7.90. The van der Waals surface area contributed by atoms with Crippen LogP contribution in [0.25, 0.3) is 11.4 Å². The molecule has 3 aromatic rings. The van der Waals surface area contributed by atoms with Gasteiger partial charge in [0, 0.05) is 11.8 Å². The van der Waals surface area contributed by atoms with E-state index >= 15 is 0 Å². The molecule has 28 heavy (non-hydrogen) atoms. The lowest BCUT2D eigenvalue weighted by atomic mass is 10.2. The molecule has 0 spiro atoms. The van der Waals surface area contributed by atoms with Gasteiger partial charge >= 0.3 is 5.97 Å². The number of esters is 1. The van der Waals surface area contributed by atoms with Crippen LogP contribution in [-0.2, 0) is 4.74 Å². The molecular formula is C19H12ClF3N2O3. The van der Waals surface area contributed by atoms with E-state index in [0.29, 0.717) is 0 Å². The average molecular weight is 409 g/mol. The second-order valence-corrected chi connectivity index (χ2v) is 5.83. The van der Waals surface area contributed by atoms with Crippen molar-refractivity contribution < 1.29 is 27.4 Å². The predicted molar refractivity (Wildman–Crippen MR) is 94.8 cm³/mol. The average Bonchev–Trinajstić information content (AvgIpc) is 2.67. The zero-order chi connectivity index (χ0) is 20.3.